The lowest BCUT2D eigenvalue weighted by atomic mass is 10.2. The van der Waals surface area contributed by atoms with Crippen molar-refractivity contribution in [2.75, 3.05) is 24.7 Å². The van der Waals surface area contributed by atoms with Crippen LogP contribution in [0.3, 0.4) is 0 Å². The fraction of sp³-hybridized carbons (Fsp3) is 0.667. The molecule has 2 atom stereocenters. The van der Waals surface area contributed by atoms with E-state index in [-0.39, 0.29) is 16.7 Å². The molecule has 0 radical (unpaired) electrons. The summed E-state index contributed by atoms with van der Waals surface area (Å²) in [6, 6.07) is 1.64. The Morgan fingerprint density at radius 2 is 2.47 bits per heavy atom. The van der Waals surface area contributed by atoms with Crippen molar-refractivity contribution in [3.8, 4) is 0 Å². The van der Waals surface area contributed by atoms with Crippen LogP contribution in [0.4, 0.5) is 10.7 Å². The predicted octanol–water partition coefficient (Wildman–Crippen LogP) is 2.32. The number of ether oxygens (including phenoxy) is 1. The summed E-state index contributed by atoms with van der Waals surface area (Å²) in [5.74, 6) is 0. The standard InChI is InChI=1S/C12H18N2O4S/c1-3-9-7-18-5-4-13(9)12-10(14(16)17)6-11(19-12)8(2)15/h6,8-9,15H,3-5,7H2,1-2H3. The van der Waals surface area contributed by atoms with E-state index in [0.29, 0.717) is 29.6 Å². The molecule has 2 heterocycles. The number of hydrogen-bond donors (Lipinski definition) is 1. The molecule has 1 aromatic rings. The van der Waals surface area contributed by atoms with E-state index < -0.39 is 6.10 Å². The number of aliphatic hydroxyl groups excluding tert-OH is 1. The van der Waals surface area contributed by atoms with Gasteiger partial charge in [-0.25, -0.2) is 0 Å². The molecule has 106 valence electrons. The lowest BCUT2D eigenvalue weighted by molar-refractivity contribution is -0.383. The molecule has 0 saturated carbocycles. The number of morpholine rings is 1. The number of anilines is 1. The van der Waals surface area contributed by atoms with E-state index in [4.69, 9.17) is 4.74 Å². The average Bonchev–Trinajstić information content (AvgIpc) is 2.83. The predicted molar refractivity (Wildman–Crippen MR) is 73.9 cm³/mol. The maximum absolute atomic E-state index is 11.2. The molecule has 1 N–H and O–H groups in total. The first-order valence-corrected chi connectivity index (χ1v) is 7.16. The minimum atomic E-state index is -0.682. The zero-order chi connectivity index (χ0) is 14.0. The first kappa shape index (κ1) is 14.2. The van der Waals surface area contributed by atoms with E-state index in [1.807, 2.05) is 11.8 Å². The molecular formula is C12H18N2O4S. The molecule has 1 fully saturated rings. The first-order chi connectivity index (χ1) is 9.04. The highest BCUT2D eigenvalue weighted by molar-refractivity contribution is 7.16. The summed E-state index contributed by atoms with van der Waals surface area (Å²) < 4.78 is 5.42. The van der Waals surface area contributed by atoms with Crippen molar-refractivity contribution in [2.24, 2.45) is 0 Å². The molecular weight excluding hydrogens is 268 g/mol. The van der Waals surface area contributed by atoms with Crippen LogP contribution in [0.1, 0.15) is 31.2 Å². The molecule has 2 unspecified atom stereocenters. The van der Waals surface area contributed by atoms with Crippen LogP contribution in [0.15, 0.2) is 6.07 Å². The molecule has 0 spiro atoms. The second-order valence-electron chi connectivity index (χ2n) is 4.60. The molecule has 7 heteroatoms. The number of aliphatic hydroxyl groups is 1. The van der Waals surface area contributed by atoms with Crippen LogP contribution in [-0.2, 0) is 4.74 Å². The Labute approximate surface area is 115 Å². The Hall–Kier alpha value is -1.18. The van der Waals surface area contributed by atoms with Crippen molar-refractivity contribution < 1.29 is 14.8 Å². The summed E-state index contributed by atoms with van der Waals surface area (Å²) in [6.45, 7) is 5.49. The minimum absolute atomic E-state index is 0.0845. The molecule has 1 saturated heterocycles. The molecule has 1 aliphatic heterocycles. The minimum Gasteiger partial charge on any atom is -0.388 e. The highest BCUT2D eigenvalue weighted by Gasteiger charge is 2.30. The molecule has 1 aliphatic rings. The quantitative estimate of drug-likeness (QED) is 0.679. The van der Waals surface area contributed by atoms with Crippen LogP contribution < -0.4 is 4.90 Å². The Morgan fingerprint density at radius 3 is 3.05 bits per heavy atom. The van der Waals surface area contributed by atoms with E-state index in [9.17, 15) is 15.2 Å². The van der Waals surface area contributed by atoms with Gasteiger partial charge in [-0.05, 0) is 13.3 Å². The molecule has 6 nitrogen and oxygen atoms in total. The van der Waals surface area contributed by atoms with Crippen molar-refractivity contribution in [1.82, 2.24) is 0 Å². The summed E-state index contributed by atoms with van der Waals surface area (Å²) in [4.78, 5) is 13.5. The van der Waals surface area contributed by atoms with Gasteiger partial charge >= 0.3 is 5.69 Å². The van der Waals surface area contributed by atoms with E-state index in [1.165, 1.54) is 17.4 Å². The van der Waals surface area contributed by atoms with E-state index in [2.05, 4.69) is 0 Å². The number of rotatable bonds is 4. The zero-order valence-electron chi connectivity index (χ0n) is 11.0. The maximum atomic E-state index is 11.2. The van der Waals surface area contributed by atoms with E-state index in [0.717, 1.165) is 6.42 Å². The topological polar surface area (TPSA) is 75.8 Å². The van der Waals surface area contributed by atoms with Gasteiger partial charge in [-0.3, -0.25) is 10.1 Å². The molecule has 0 bridgehead atoms. The van der Waals surface area contributed by atoms with Gasteiger partial charge in [0.15, 0.2) is 5.00 Å². The smallest absolute Gasteiger partial charge is 0.304 e. The van der Waals surface area contributed by atoms with E-state index in [1.54, 1.807) is 6.92 Å². The van der Waals surface area contributed by atoms with Crippen LogP contribution in [0, 0.1) is 10.1 Å². The highest BCUT2D eigenvalue weighted by Crippen LogP contribution is 2.41. The monoisotopic (exact) mass is 286 g/mol. The van der Waals surface area contributed by atoms with Crippen molar-refractivity contribution in [1.29, 1.82) is 0 Å². The Bertz CT molecular complexity index is 461. The first-order valence-electron chi connectivity index (χ1n) is 6.35. The molecule has 0 aromatic carbocycles. The van der Waals surface area contributed by atoms with Gasteiger partial charge in [-0.1, -0.05) is 6.92 Å². The summed E-state index contributed by atoms with van der Waals surface area (Å²) in [5.41, 5.74) is 0.0845. The number of nitro groups is 1. The van der Waals surface area contributed by atoms with Gasteiger partial charge in [0.2, 0.25) is 0 Å². The summed E-state index contributed by atoms with van der Waals surface area (Å²) in [5, 5.41) is 21.4. The summed E-state index contributed by atoms with van der Waals surface area (Å²) >= 11 is 1.30. The maximum Gasteiger partial charge on any atom is 0.304 e. The van der Waals surface area contributed by atoms with Gasteiger partial charge in [0, 0.05) is 17.5 Å². The van der Waals surface area contributed by atoms with Crippen molar-refractivity contribution in [2.45, 2.75) is 32.4 Å². The lowest BCUT2D eigenvalue weighted by Gasteiger charge is -2.35. The van der Waals surface area contributed by atoms with Crippen molar-refractivity contribution in [3.05, 3.63) is 21.1 Å². The fourth-order valence-corrected chi connectivity index (χ4v) is 3.35. The Morgan fingerprint density at radius 1 is 1.74 bits per heavy atom. The van der Waals surface area contributed by atoms with E-state index >= 15 is 0 Å². The van der Waals surface area contributed by atoms with Gasteiger partial charge in [0.05, 0.1) is 30.3 Å². The second-order valence-corrected chi connectivity index (χ2v) is 5.66. The van der Waals surface area contributed by atoms with Crippen molar-refractivity contribution >= 4 is 22.0 Å². The van der Waals surface area contributed by atoms with Crippen LogP contribution in [0.2, 0.25) is 0 Å². The number of thiophene rings is 1. The molecule has 0 aliphatic carbocycles. The third-order valence-corrected chi connectivity index (χ3v) is 4.61. The molecule has 2 rings (SSSR count). The molecule has 1 aromatic heterocycles. The normalized spacial score (nSPS) is 21.4. The SMILES string of the molecule is CCC1COCCN1c1sc(C(C)O)cc1[N+](=O)[O-]. The van der Waals surface area contributed by atoms with Gasteiger partial charge in [-0.15, -0.1) is 11.3 Å². The van der Waals surface area contributed by atoms with Gasteiger partial charge in [0.25, 0.3) is 0 Å². The van der Waals surface area contributed by atoms with Gasteiger partial charge in [0.1, 0.15) is 0 Å². The van der Waals surface area contributed by atoms with Crippen LogP contribution >= 0.6 is 11.3 Å². The molecule has 0 amide bonds. The van der Waals surface area contributed by atoms with Crippen LogP contribution in [0.5, 0.6) is 0 Å². The van der Waals surface area contributed by atoms with Gasteiger partial charge in [-0.2, -0.15) is 0 Å². The Balaban J connectivity index is 2.38. The number of hydrogen-bond acceptors (Lipinski definition) is 6. The highest BCUT2D eigenvalue weighted by atomic mass is 32.1. The average molecular weight is 286 g/mol. The largest absolute Gasteiger partial charge is 0.388 e. The fourth-order valence-electron chi connectivity index (χ4n) is 2.19. The third-order valence-electron chi connectivity index (χ3n) is 3.28. The summed E-state index contributed by atoms with van der Waals surface area (Å²) in [7, 11) is 0. The zero-order valence-corrected chi connectivity index (χ0v) is 11.9. The molecule has 19 heavy (non-hydrogen) atoms. The second kappa shape index (κ2) is 5.85. The Kier molecular flexibility index (Phi) is 4.38. The number of nitrogens with zero attached hydrogens (tertiary/aromatic N) is 2. The lowest BCUT2D eigenvalue weighted by Crippen LogP contribution is -2.45. The van der Waals surface area contributed by atoms with Crippen LogP contribution in [0.25, 0.3) is 0 Å². The summed E-state index contributed by atoms with van der Waals surface area (Å²) in [6.07, 6.45) is 0.192. The van der Waals surface area contributed by atoms with Crippen molar-refractivity contribution in [3.63, 3.8) is 0 Å². The van der Waals surface area contributed by atoms with Gasteiger partial charge < -0.3 is 14.7 Å². The van der Waals surface area contributed by atoms with Crippen LogP contribution in [-0.4, -0.2) is 35.8 Å². The third kappa shape index (κ3) is 2.88.